The zero-order valence-electron chi connectivity index (χ0n) is 12.5. The molecule has 0 radical (unpaired) electrons. The Bertz CT molecular complexity index is 581. The number of nitrogens with two attached hydrogens (primary N) is 1. The highest BCUT2D eigenvalue weighted by molar-refractivity contribution is 5.76. The highest BCUT2D eigenvalue weighted by Gasteiger charge is 2.16. The minimum absolute atomic E-state index is 0.0481. The molecule has 0 bridgehead atoms. The van der Waals surface area contributed by atoms with Crippen LogP contribution in [0.1, 0.15) is 30.5 Å². The molecule has 2 N–H and O–H groups in total. The van der Waals surface area contributed by atoms with Gasteiger partial charge in [0.2, 0.25) is 5.91 Å². The van der Waals surface area contributed by atoms with Crippen molar-refractivity contribution in [2.24, 2.45) is 0 Å². The van der Waals surface area contributed by atoms with Crippen LogP contribution in [0.15, 0.2) is 48.8 Å². The number of carbonyl (C=O) groups is 1. The van der Waals surface area contributed by atoms with Crippen LogP contribution in [0.3, 0.4) is 0 Å². The van der Waals surface area contributed by atoms with Crippen molar-refractivity contribution in [3.05, 3.63) is 59.9 Å². The van der Waals surface area contributed by atoms with Crippen molar-refractivity contribution in [3.63, 3.8) is 0 Å². The highest BCUT2D eigenvalue weighted by Crippen LogP contribution is 2.19. The van der Waals surface area contributed by atoms with Crippen molar-refractivity contribution in [1.82, 2.24) is 9.88 Å². The van der Waals surface area contributed by atoms with Gasteiger partial charge in [-0.1, -0.05) is 12.1 Å². The van der Waals surface area contributed by atoms with Gasteiger partial charge in [-0.05, 0) is 48.7 Å². The molecule has 21 heavy (non-hydrogen) atoms. The van der Waals surface area contributed by atoms with Crippen LogP contribution in [-0.4, -0.2) is 22.8 Å². The van der Waals surface area contributed by atoms with Gasteiger partial charge in [-0.2, -0.15) is 0 Å². The largest absolute Gasteiger partial charge is 0.399 e. The number of amides is 1. The van der Waals surface area contributed by atoms with E-state index in [1.165, 1.54) is 0 Å². The molecule has 1 unspecified atom stereocenters. The Morgan fingerprint density at radius 1 is 1.19 bits per heavy atom. The predicted octanol–water partition coefficient (Wildman–Crippen LogP) is 2.82. The molecule has 1 amide bonds. The Morgan fingerprint density at radius 2 is 1.81 bits per heavy atom. The van der Waals surface area contributed by atoms with Crippen molar-refractivity contribution in [2.75, 3.05) is 12.8 Å². The van der Waals surface area contributed by atoms with Crippen LogP contribution in [0.2, 0.25) is 0 Å². The molecule has 0 saturated heterocycles. The average molecular weight is 283 g/mol. The highest BCUT2D eigenvalue weighted by atomic mass is 16.2. The molecular weight excluding hydrogens is 262 g/mol. The molecule has 0 aliphatic rings. The molecule has 1 aromatic heterocycles. The van der Waals surface area contributed by atoms with Crippen LogP contribution in [0, 0.1) is 0 Å². The van der Waals surface area contributed by atoms with Gasteiger partial charge in [0.15, 0.2) is 0 Å². The van der Waals surface area contributed by atoms with Crippen LogP contribution in [-0.2, 0) is 11.2 Å². The number of hydrogen-bond donors (Lipinski definition) is 1. The number of nitrogens with zero attached hydrogens (tertiary/aromatic N) is 2. The van der Waals surface area contributed by atoms with Crippen molar-refractivity contribution in [1.29, 1.82) is 0 Å². The molecule has 0 aliphatic heterocycles. The van der Waals surface area contributed by atoms with Crippen LogP contribution in [0.25, 0.3) is 0 Å². The molecular formula is C17H21N3O. The fourth-order valence-electron chi connectivity index (χ4n) is 2.19. The Labute approximate surface area is 125 Å². The first kappa shape index (κ1) is 15.0. The van der Waals surface area contributed by atoms with Gasteiger partial charge in [0.1, 0.15) is 0 Å². The Morgan fingerprint density at radius 3 is 2.43 bits per heavy atom. The summed E-state index contributed by atoms with van der Waals surface area (Å²) in [5.74, 6) is 0.135. The van der Waals surface area contributed by atoms with Gasteiger partial charge >= 0.3 is 0 Å². The van der Waals surface area contributed by atoms with Crippen LogP contribution in [0.4, 0.5) is 5.69 Å². The summed E-state index contributed by atoms with van der Waals surface area (Å²) in [5, 5.41) is 0. The second-order valence-electron chi connectivity index (χ2n) is 5.20. The number of hydrogen-bond acceptors (Lipinski definition) is 3. The lowest BCUT2D eigenvalue weighted by atomic mass is 10.1. The third-order valence-electron chi connectivity index (χ3n) is 3.77. The minimum atomic E-state index is 0.0481. The standard InChI is InChI=1S/C17H21N3O/c1-13(15-9-11-19-12-10-15)20(2)17(21)8-5-14-3-6-16(18)7-4-14/h3-4,6-7,9-13H,5,8,18H2,1-2H3. The monoisotopic (exact) mass is 283 g/mol. The van der Waals surface area contributed by atoms with Crippen molar-refractivity contribution in [2.45, 2.75) is 25.8 Å². The molecule has 4 heteroatoms. The summed E-state index contributed by atoms with van der Waals surface area (Å²) in [4.78, 5) is 18.1. The smallest absolute Gasteiger partial charge is 0.223 e. The van der Waals surface area contributed by atoms with Gasteiger partial charge in [0, 0.05) is 31.5 Å². The summed E-state index contributed by atoms with van der Waals surface area (Å²) in [7, 11) is 1.84. The number of anilines is 1. The lowest BCUT2D eigenvalue weighted by Crippen LogP contribution is -2.29. The fourth-order valence-corrected chi connectivity index (χ4v) is 2.19. The Balaban J connectivity index is 1.92. The maximum atomic E-state index is 12.3. The average Bonchev–Trinajstić information content (AvgIpc) is 2.53. The maximum absolute atomic E-state index is 12.3. The van der Waals surface area contributed by atoms with E-state index in [0.29, 0.717) is 6.42 Å². The van der Waals surface area contributed by atoms with E-state index < -0.39 is 0 Å². The molecule has 1 atom stereocenters. The van der Waals surface area contributed by atoms with Crippen LogP contribution < -0.4 is 5.73 Å². The van der Waals surface area contributed by atoms with E-state index in [0.717, 1.165) is 23.2 Å². The fraction of sp³-hybridized carbons (Fsp3) is 0.294. The summed E-state index contributed by atoms with van der Waals surface area (Å²) in [5.41, 5.74) is 8.62. The number of rotatable bonds is 5. The van der Waals surface area contributed by atoms with Crippen molar-refractivity contribution >= 4 is 11.6 Å². The number of aryl methyl sites for hydroxylation is 1. The number of benzene rings is 1. The molecule has 0 spiro atoms. The molecule has 2 rings (SSSR count). The number of carbonyl (C=O) groups excluding carboxylic acids is 1. The SMILES string of the molecule is CC(c1ccncc1)N(C)C(=O)CCc1ccc(N)cc1. The van der Waals surface area contributed by atoms with Crippen LogP contribution >= 0.6 is 0 Å². The Hall–Kier alpha value is -2.36. The molecule has 0 saturated carbocycles. The maximum Gasteiger partial charge on any atom is 0.223 e. The summed E-state index contributed by atoms with van der Waals surface area (Å²) in [6.45, 7) is 2.02. The predicted molar refractivity (Wildman–Crippen MR) is 84.6 cm³/mol. The lowest BCUT2D eigenvalue weighted by Gasteiger charge is -2.25. The van der Waals surface area contributed by atoms with Crippen LogP contribution in [0.5, 0.6) is 0 Å². The summed E-state index contributed by atoms with van der Waals surface area (Å²) in [6, 6.07) is 11.6. The lowest BCUT2D eigenvalue weighted by molar-refractivity contribution is -0.131. The zero-order valence-corrected chi connectivity index (χ0v) is 12.5. The first-order chi connectivity index (χ1) is 10.1. The van der Waals surface area contributed by atoms with Gasteiger partial charge in [-0.25, -0.2) is 0 Å². The molecule has 0 aliphatic carbocycles. The van der Waals surface area contributed by atoms with Crippen molar-refractivity contribution < 1.29 is 4.79 Å². The first-order valence-electron chi connectivity index (χ1n) is 7.08. The third kappa shape index (κ3) is 4.05. The molecule has 1 heterocycles. The quantitative estimate of drug-likeness (QED) is 0.858. The molecule has 2 aromatic rings. The third-order valence-corrected chi connectivity index (χ3v) is 3.77. The molecule has 1 aromatic carbocycles. The number of pyridine rings is 1. The topological polar surface area (TPSA) is 59.2 Å². The van der Waals surface area contributed by atoms with E-state index in [-0.39, 0.29) is 11.9 Å². The van der Waals surface area contributed by atoms with Gasteiger partial charge in [-0.15, -0.1) is 0 Å². The first-order valence-corrected chi connectivity index (χ1v) is 7.08. The summed E-state index contributed by atoms with van der Waals surface area (Å²) in [6.07, 6.45) is 4.72. The summed E-state index contributed by atoms with van der Waals surface area (Å²) < 4.78 is 0. The zero-order chi connectivity index (χ0) is 15.2. The summed E-state index contributed by atoms with van der Waals surface area (Å²) >= 11 is 0. The normalized spacial score (nSPS) is 11.9. The van der Waals surface area contributed by atoms with Crippen molar-refractivity contribution in [3.8, 4) is 0 Å². The van der Waals surface area contributed by atoms with Gasteiger partial charge in [-0.3, -0.25) is 9.78 Å². The second-order valence-corrected chi connectivity index (χ2v) is 5.20. The minimum Gasteiger partial charge on any atom is -0.399 e. The van der Waals surface area contributed by atoms with E-state index in [2.05, 4.69) is 4.98 Å². The van der Waals surface area contributed by atoms with E-state index in [4.69, 9.17) is 5.73 Å². The van der Waals surface area contributed by atoms with Gasteiger partial charge in [0.05, 0.1) is 6.04 Å². The number of aromatic nitrogens is 1. The second kappa shape index (κ2) is 6.88. The number of nitrogen functional groups attached to an aromatic ring is 1. The van der Waals surface area contributed by atoms with E-state index in [1.807, 2.05) is 50.4 Å². The van der Waals surface area contributed by atoms with Gasteiger partial charge < -0.3 is 10.6 Å². The van der Waals surface area contributed by atoms with E-state index in [1.54, 1.807) is 17.3 Å². The van der Waals surface area contributed by atoms with E-state index in [9.17, 15) is 4.79 Å². The Kier molecular flexibility index (Phi) is 4.93. The van der Waals surface area contributed by atoms with E-state index >= 15 is 0 Å². The molecule has 0 fully saturated rings. The molecule has 110 valence electrons. The molecule has 4 nitrogen and oxygen atoms in total. The van der Waals surface area contributed by atoms with Gasteiger partial charge in [0.25, 0.3) is 0 Å².